The van der Waals surface area contributed by atoms with Crippen LogP contribution in [0.15, 0.2) is 255 Å². The van der Waals surface area contributed by atoms with E-state index in [1.54, 1.807) is 0 Å². The molecular weight excluding hydrogens is 781 g/mol. The van der Waals surface area contributed by atoms with Crippen LogP contribution in [0.25, 0.3) is 64.7 Å². The monoisotopic (exact) mass is 822 g/mol. The number of hydrogen-bond acceptors (Lipinski definition) is 3. The van der Waals surface area contributed by atoms with E-state index in [1.807, 2.05) is 11.3 Å². The number of nitrogens with zero attached hydrogens (tertiary/aromatic N) is 2. The van der Waals surface area contributed by atoms with Gasteiger partial charge in [0.2, 0.25) is 0 Å². The molecule has 11 aromatic rings. The first kappa shape index (κ1) is 38.0. The van der Waals surface area contributed by atoms with Crippen LogP contribution < -0.4 is 9.80 Å². The highest BCUT2D eigenvalue weighted by atomic mass is 32.1. The van der Waals surface area contributed by atoms with Gasteiger partial charge < -0.3 is 9.80 Å². The second-order valence-corrected chi connectivity index (χ2v) is 16.9. The summed E-state index contributed by atoms with van der Waals surface area (Å²) in [5, 5.41) is 2.47. The number of anilines is 6. The molecule has 10 aromatic carbocycles. The van der Waals surface area contributed by atoms with Crippen molar-refractivity contribution in [3.05, 3.63) is 255 Å². The van der Waals surface area contributed by atoms with Crippen molar-refractivity contribution in [2.45, 2.75) is 0 Å². The van der Waals surface area contributed by atoms with Crippen LogP contribution >= 0.6 is 11.3 Å². The summed E-state index contributed by atoms with van der Waals surface area (Å²) >= 11 is 1.85. The fourth-order valence-electron chi connectivity index (χ4n) is 8.66. The summed E-state index contributed by atoms with van der Waals surface area (Å²) in [6.45, 7) is 0. The third kappa shape index (κ3) is 7.67. The lowest BCUT2D eigenvalue weighted by Crippen LogP contribution is -2.10. The minimum Gasteiger partial charge on any atom is -0.310 e. The summed E-state index contributed by atoms with van der Waals surface area (Å²) in [6, 6.07) is 92.0. The highest BCUT2D eigenvalue weighted by molar-refractivity contribution is 7.25. The molecule has 0 aliphatic carbocycles. The largest absolute Gasteiger partial charge is 0.310 e. The zero-order chi connectivity index (χ0) is 42.0. The summed E-state index contributed by atoms with van der Waals surface area (Å²) in [4.78, 5) is 4.76. The van der Waals surface area contributed by atoms with Crippen molar-refractivity contribution in [1.29, 1.82) is 0 Å². The average Bonchev–Trinajstić information content (AvgIpc) is 3.73. The highest BCUT2D eigenvalue weighted by Crippen LogP contribution is 2.44. The van der Waals surface area contributed by atoms with E-state index in [9.17, 15) is 0 Å². The molecule has 2 nitrogen and oxygen atoms in total. The first-order valence-corrected chi connectivity index (χ1v) is 22.2. The Hall–Kier alpha value is -7.98. The van der Waals surface area contributed by atoms with Crippen LogP contribution in [0.3, 0.4) is 0 Å². The number of benzene rings is 10. The second kappa shape index (κ2) is 16.8. The normalized spacial score (nSPS) is 11.2. The number of hydrogen-bond donors (Lipinski definition) is 0. The van der Waals surface area contributed by atoms with Gasteiger partial charge >= 0.3 is 0 Å². The molecule has 0 aliphatic rings. The van der Waals surface area contributed by atoms with E-state index in [1.165, 1.54) is 64.7 Å². The number of thiophene rings is 1. The molecule has 0 radical (unpaired) electrons. The van der Waals surface area contributed by atoms with Crippen LogP contribution in [0.5, 0.6) is 0 Å². The Labute approximate surface area is 372 Å². The molecule has 0 atom stereocenters. The van der Waals surface area contributed by atoms with E-state index in [4.69, 9.17) is 0 Å². The maximum atomic E-state index is 2.38. The molecule has 0 fully saturated rings. The topological polar surface area (TPSA) is 6.48 Å². The van der Waals surface area contributed by atoms with Crippen LogP contribution in [0.1, 0.15) is 0 Å². The Morgan fingerprint density at radius 2 is 0.429 bits per heavy atom. The fraction of sp³-hybridized carbons (Fsp3) is 0. The maximum Gasteiger partial charge on any atom is 0.0468 e. The molecule has 298 valence electrons. The zero-order valence-electron chi connectivity index (χ0n) is 34.6. The smallest absolute Gasteiger partial charge is 0.0468 e. The molecule has 0 aliphatic heterocycles. The Morgan fingerprint density at radius 1 is 0.206 bits per heavy atom. The summed E-state index contributed by atoms with van der Waals surface area (Å²) in [7, 11) is 0. The van der Waals surface area contributed by atoms with Gasteiger partial charge in [-0.15, -0.1) is 11.3 Å². The number of rotatable bonds is 10. The first-order valence-electron chi connectivity index (χ1n) is 21.4. The van der Waals surface area contributed by atoms with Crippen LogP contribution in [0.4, 0.5) is 34.1 Å². The Kier molecular flexibility index (Phi) is 10.1. The van der Waals surface area contributed by atoms with Crippen molar-refractivity contribution >= 4 is 65.6 Å². The third-order valence-electron chi connectivity index (χ3n) is 11.9. The van der Waals surface area contributed by atoms with Gasteiger partial charge in [-0.3, -0.25) is 0 Å². The second-order valence-electron chi connectivity index (χ2n) is 15.8. The van der Waals surface area contributed by atoms with Gasteiger partial charge in [-0.25, -0.2) is 0 Å². The van der Waals surface area contributed by atoms with E-state index in [-0.39, 0.29) is 0 Å². The Morgan fingerprint density at radius 3 is 0.683 bits per heavy atom. The average molecular weight is 823 g/mol. The van der Waals surface area contributed by atoms with Crippen LogP contribution in [-0.4, -0.2) is 0 Å². The van der Waals surface area contributed by atoms with Gasteiger partial charge in [-0.05, 0) is 129 Å². The summed E-state index contributed by atoms with van der Waals surface area (Å²) in [6.07, 6.45) is 0. The predicted octanol–water partition coefficient (Wildman–Crippen LogP) is 17.7. The summed E-state index contributed by atoms with van der Waals surface area (Å²) in [5.41, 5.74) is 16.2. The molecule has 0 spiro atoms. The molecule has 0 saturated carbocycles. The van der Waals surface area contributed by atoms with Gasteiger partial charge in [0.05, 0.1) is 0 Å². The molecular formula is C60H42N2S. The Bertz CT molecular complexity index is 2880. The molecule has 11 rings (SSSR count). The van der Waals surface area contributed by atoms with E-state index >= 15 is 0 Å². The number of fused-ring (bicyclic) bond motifs is 3. The maximum absolute atomic E-state index is 2.38. The Balaban J connectivity index is 1.02. The fourth-order valence-corrected chi connectivity index (χ4v) is 9.73. The van der Waals surface area contributed by atoms with Crippen molar-refractivity contribution in [1.82, 2.24) is 0 Å². The standard InChI is InChI=1S/C60H42N2S/c1-5-13-43(14-6-1)47-21-29-51(30-22-47)61(52-31-23-48(24-32-52)44-15-7-2-8-16-44)55-37-39-59-57(41-55)58-42-56(38-40-60(58)63-59)62(53-33-25-49(26-34-53)45-17-9-3-10-18-45)54-35-27-50(28-36-54)46-19-11-4-12-20-46/h1-42H. The SMILES string of the molecule is c1ccc(-c2ccc(N(c3ccc(-c4ccccc4)cc3)c3ccc4sc5ccc(N(c6ccc(-c7ccccc7)cc6)c6ccc(-c7ccccc7)cc6)cc5c4c3)cc2)cc1. The molecule has 63 heavy (non-hydrogen) atoms. The minimum absolute atomic E-state index is 1.10. The van der Waals surface area contributed by atoms with Crippen LogP contribution in [0, 0.1) is 0 Å². The van der Waals surface area contributed by atoms with Gasteiger partial charge in [0.15, 0.2) is 0 Å². The predicted molar refractivity (Wildman–Crippen MR) is 270 cm³/mol. The molecule has 3 heteroatoms. The van der Waals surface area contributed by atoms with E-state index in [0.29, 0.717) is 0 Å². The molecule has 1 aromatic heterocycles. The zero-order valence-corrected chi connectivity index (χ0v) is 35.4. The highest BCUT2D eigenvalue weighted by Gasteiger charge is 2.19. The lowest BCUT2D eigenvalue weighted by Gasteiger charge is -2.26. The molecule has 0 amide bonds. The third-order valence-corrected chi connectivity index (χ3v) is 13.0. The van der Waals surface area contributed by atoms with E-state index < -0.39 is 0 Å². The molecule has 0 unspecified atom stereocenters. The van der Waals surface area contributed by atoms with Gasteiger partial charge in [0.25, 0.3) is 0 Å². The van der Waals surface area contributed by atoms with Crippen LogP contribution in [0.2, 0.25) is 0 Å². The van der Waals surface area contributed by atoms with Crippen molar-refractivity contribution in [3.63, 3.8) is 0 Å². The van der Waals surface area contributed by atoms with Gasteiger partial charge in [0, 0.05) is 54.3 Å². The molecule has 1 heterocycles. The van der Waals surface area contributed by atoms with Gasteiger partial charge in [0.1, 0.15) is 0 Å². The van der Waals surface area contributed by atoms with E-state index in [2.05, 4.69) is 265 Å². The van der Waals surface area contributed by atoms with Crippen LogP contribution in [-0.2, 0) is 0 Å². The van der Waals surface area contributed by atoms with E-state index in [0.717, 1.165) is 34.1 Å². The van der Waals surface area contributed by atoms with Crippen molar-refractivity contribution < 1.29 is 0 Å². The summed E-state index contributed by atoms with van der Waals surface area (Å²) in [5.74, 6) is 0. The van der Waals surface area contributed by atoms with Crippen molar-refractivity contribution in [2.75, 3.05) is 9.80 Å². The quantitative estimate of drug-likeness (QED) is 0.136. The molecule has 0 N–H and O–H groups in total. The lowest BCUT2D eigenvalue weighted by atomic mass is 10.0. The lowest BCUT2D eigenvalue weighted by molar-refractivity contribution is 1.29. The summed E-state index contributed by atoms with van der Waals surface area (Å²) < 4.78 is 2.52. The van der Waals surface area contributed by atoms with Gasteiger partial charge in [-0.1, -0.05) is 170 Å². The molecule has 0 saturated heterocycles. The van der Waals surface area contributed by atoms with Crippen molar-refractivity contribution in [3.8, 4) is 44.5 Å². The van der Waals surface area contributed by atoms with Crippen molar-refractivity contribution in [2.24, 2.45) is 0 Å². The van der Waals surface area contributed by atoms with Gasteiger partial charge in [-0.2, -0.15) is 0 Å². The first-order chi connectivity index (χ1) is 31.2. The molecule has 0 bridgehead atoms. The minimum atomic E-state index is 1.10.